The van der Waals surface area contributed by atoms with Crippen LogP contribution < -0.4 is 10.6 Å². The highest BCUT2D eigenvalue weighted by Gasteiger charge is 2.20. The maximum atomic E-state index is 13.6. The van der Waals surface area contributed by atoms with Gasteiger partial charge in [-0.2, -0.15) is 0 Å². The predicted octanol–water partition coefficient (Wildman–Crippen LogP) is 2.16. The second-order valence-corrected chi connectivity index (χ2v) is 4.98. The topological polar surface area (TPSA) is 40.2 Å². The predicted molar refractivity (Wildman–Crippen MR) is 72.4 cm³/mol. The lowest BCUT2D eigenvalue weighted by molar-refractivity contribution is 0.399. The normalized spacial score (nSPS) is 19.7. The van der Waals surface area contributed by atoms with Crippen LogP contribution in [0.5, 0.6) is 0 Å². The second-order valence-electron chi connectivity index (χ2n) is 4.98. The molecule has 0 aliphatic carbocycles. The maximum Gasteiger partial charge on any atom is 0.168 e. The van der Waals surface area contributed by atoms with Crippen LogP contribution in [0.3, 0.4) is 0 Å². The van der Waals surface area contributed by atoms with Crippen LogP contribution >= 0.6 is 0 Å². The van der Waals surface area contributed by atoms with Gasteiger partial charge in [-0.15, -0.1) is 0 Å². The van der Waals surface area contributed by atoms with Gasteiger partial charge in [-0.05, 0) is 32.9 Å². The lowest BCUT2D eigenvalue weighted by Crippen LogP contribution is -2.20. The van der Waals surface area contributed by atoms with E-state index < -0.39 is 11.6 Å². The molecule has 1 fully saturated rings. The highest BCUT2D eigenvalue weighted by Crippen LogP contribution is 2.20. The monoisotopic (exact) mass is 270 g/mol. The molecule has 1 aliphatic rings. The van der Waals surface area contributed by atoms with Gasteiger partial charge in [-0.3, -0.25) is 0 Å². The number of nitrogens with zero attached hydrogens (tertiary/aromatic N) is 2. The molecule has 0 aromatic carbocycles. The Bertz CT molecular complexity index is 439. The van der Waals surface area contributed by atoms with Crippen molar-refractivity contribution in [3.05, 3.63) is 17.7 Å². The summed E-state index contributed by atoms with van der Waals surface area (Å²) in [5.74, 6) is -0.614. The number of likely N-dealkylation sites (tertiary alicyclic amines) is 1. The molecule has 106 valence electrons. The summed E-state index contributed by atoms with van der Waals surface area (Å²) in [6.45, 7) is 5.10. The Morgan fingerprint density at radius 1 is 1.32 bits per heavy atom. The molecule has 0 radical (unpaired) electrons. The van der Waals surface area contributed by atoms with E-state index in [4.69, 9.17) is 0 Å². The van der Waals surface area contributed by atoms with E-state index >= 15 is 0 Å². The molecule has 6 heteroatoms. The fraction of sp³-hybridized carbons (Fsp3) is 0.615. The summed E-state index contributed by atoms with van der Waals surface area (Å²) in [5.41, 5.74) is 0. The molecule has 4 nitrogen and oxygen atoms in total. The minimum absolute atomic E-state index is 0.0925. The average molecular weight is 270 g/mol. The molecule has 0 bridgehead atoms. The van der Waals surface area contributed by atoms with Crippen LogP contribution in [0, 0.1) is 17.6 Å². The van der Waals surface area contributed by atoms with Gasteiger partial charge in [0, 0.05) is 25.7 Å². The SMILES string of the molecule is CCNc1nc(NCC2CCN(C)C2)c(F)cc1F. The zero-order valence-corrected chi connectivity index (χ0v) is 11.3. The van der Waals surface area contributed by atoms with Crippen molar-refractivity contribution < 1.29 is 8.78 Å². The van der Waals surface area contributed by atoms with E-state index in [1.165, 1.54) is 0 Å². The highest BCUT2D eigenvalue weighted by atomic mass is 19.1. The number of anilines is 2. The summed E-state index contributed by atoms with van der Waals surface area (Å²) < 4.78 is 27.0. The largest absolute Gasteiger partial charge is 0.368 e. The van der Waals surface area contributed by atoms with E-state index in [1.807, 2.05) is 6.92 Å². The van der Waals surface area contributed by atoms with Crippen LogP contribution in [0.25, 0.3) is 0 Å². The third-order valence-corrected chi connectivity index (χ3v) is 3.32. The smallest absolute Gasteiger partial charge is 0.168 e. The van der Waals surface area contributed by atoms with Crippen molar-refractivity contribution in [1.82, 2.24) is 9.88 Å². The summed E-state index contributed by atoms with van der Waals surface area (Å²) in [4.78, 5) is 6.20. The van der Waals surface area contributed by atoms with Gasteiger partial charge in [-0.1, -0.05) is 0 Å². The lowest BCUT2D eigenvalue weighted by atomic mass is 10.1. The Hall–Kier alpha value is -1.43. The zero-order valence-electron chi connectivity index (χ0n) is 11.3. The van der Waals surface area contributed by atoms with E-state index in [2.05, 4.69) is 27.6 Å². The number of aromatic nitrogens is 1. The Morgan fingerprint density at radius 2 is 2.00 bits per heavy atom. The first-order valence-electron chi connectivity index (χ1n) is 6.62. The van der Waals surface area contributed by atoms with Gasteiger partial charge in [-0.25, -0.2) is 13.8 Å². The van der Waals surface area contributed by atoms with Crippen LogP contribution in [0.15, 0.2) is 6.07 Å². The first kappa shape index (κ1) is 14.0. The Balaban J connectivity index is 2.00. The third kappa shape index (κ3) is 3.53. The molecule has 1 aromatic rings. The van der Waals surface area contributed by atoms with Crippen molar-refractivity contribution in [2.24, 2.45) is 5.92 Å². The van der Waals surface area contributed by atoms with Crippen molar-refractivity contribution >= 4 is 11.6 Å². The molecule has 0 saturated carbocycles. The molecule has 1 saturated heterocycles. The molecule has 1 aromatic heterocycles. The maximum absolute atomic E-state index is 13.6. The molecule has 19 heavy (non-hydrogen) atoms. The standard InChI is InChI=1S/C13H20F2N4/c1-3-16-12-10(14)6-11(15)13(18-12)17-7-9-4-5-19(2)8-9/h6,9H,3-5,7-8H2,1-2H3,(H2,16,17,18). The van der Waals surface area contributed by atoms with Crippen molar-refractivity contribution in [1.29, 1.82) is 0 Å². The quantitative estimate of drug-likeness (QED) is 0.860. The lowest BCUT2D eigenvalue weighted by Gasteiger charge is -2.14. The Labute approximate surface area is 112 Å². The summed E-state index contributed by atoms with van der Waals surface area (Å²) in [7, 11) is 2.07. The molecule has 1 unspecified atom stereocenters. The van der Waals surface area contributed by atoms with E-state index in [9.17, 15) is 8.78 Å². The summed E-state index contributed by atoms with van der Waals surface area (Å²) in [6, 6.07) is 0.869. The van der Waals surface area contributed by atoms with Gasteiger partial charge in [0.05, 0.1) is 0 Å². The van der Waals surface area contributed by atoms with Gasteiger partial charge in [0.2, 0.25) is 0 Å². The van der Waals surface area contributed by atoms with E-state index in [1.54, 1.807) is 0 Å². The molecular formula is C13H20F2N4. The zero-order chi connectivity index (χ0) is 13.8. The first-order chi connectivity index (χ1) is 9.10. The molecule has 1 aliphatic heterocycles. The van der Waals surface area contributed by atoms with Crippen LogP contribution in [0.1, 0.15) is 13.3 Å². The number of rotatable bonds is 5. The Morgan fingerprint density at radius 3 is 2.58 bits per heavy atom. The highest BCUT2D eigenvalue weighted by molar-refractivity contribution is 5.47. The van der Waals surface area contributed by atoms with Crippen molar-refractivity contribution in [2.75, 3.05) is 43.9 Å². The van der Waals surface area contributed by atoms with Crippen LogP contribution in [-0.2, 0) is 0 Å². The summed E-state index contributed by atoms with van der Waals surface area (Å²) in [5, 5.41) is 5.76. The molecule has 2 rings (SSSR count). The van der Waals surface area contributed by atoms with E-state index in [0.29, 0.717) is 19.0 Å². The van der Waals surface area contributed by atoms with Gasteiger partial charge in [0.1, 0.15) is 0 Å². The summed E-state index contributed by atoms with van der Waals surface area (Å²) >= 11 is 0. The average Bonchev–Trinajstić information content (AvgIpc) is 2.77. The van der Waals surface area contributed by atoms with Crippen molar-refractivity contribution in [2.45, 2.75) is 13.3 Å². The van der Waals surface area contributed by atoms with Gasteiger partial charge in [0.15, 0.2) is 23.3 Å². The fourth-order valence-corrected chi connectivity index (χ4v) is 2.32. The molecule has 0 amide bonds. The fourth-order valence-electron chi connectivity index (χ4n) is 2.32. The summed E-state index contributed by atoms with van der Waals surface area (Å²) in [6.07, 6.45) is 1.09. The minimum atomic E-state index is -0.662. The number of hydrogen-bond acceptors (Lipinski definition) is 4. The van der Waals surface area contributed by atoms with Crippen LogP contribution in [0.2, 0.25) is 0 Å². The number of pyridine rings is 1. The first-order valence-corrected chi connectivity index (χ1v) is 6.62. The van der Waals surface area contributed by atoms with Gasteiger partial charge >= 0.3 is 0 Å². The number of hydrogen-bond donors (Lipinski definition) is 2. The van der Waals surface area contributed by atoms with Crippen molar-refractivity contribution in [3.8, 4) is 0 Å². The third-order valence-electron chi connectivity index (χ3n) is 3.32. The number of halogens is 2. The molecule has 2 heterocycles. The van der Waals surface area contributed by atoms with E-state index in [0.717, 1.165) is 25.6 Å². The Kier molecular flexibility index (Phi) is 4.52. The van der Waals surface area contributed by atoms with Crippen LogP contribution in [0.4, 0.5) is 20.4 Å². The minimum Gasteiger partial charge on any atom is -0.368 e. The molecule has 2 N–H and O–H groups in total. The van der Waals surface area contributed by atoms with Crippen LogP contribution in [-0.4, -0.2) is 43.1 Å². The van der Waals surface area contributed by atoms with E-state index in [-0.39, 0.29) is 11.6 Å². The molecular weight excluding hydrogens is 250 g/mol. The molecule has 1 atom stereocenters. The van der Waals surface area contributed by atoms with Gasteiger partial charge < -0.3 is 15.5 Å². The number of nitrogens with one attached hydrogen (secondary N) is 2. The van der Waals surface area contributed by atoms with Gasteiger partial charge in [0.25, 0.3) is 0 Å². The second kappa shape index (κ2) is 6.14. The van der Waals surface area contributed by atoms with Crippen molar-refractivity contribution in [3.63, 3.8) is 0 Å². The molecule has 0 spiro atoms.